The van der Waals surface area contributed by atoms with Gasteiger partial charge in [0.25, 0.3) is 0 Å². The van der Waals surface area contributed by atoms with E-state index in [0.717, 1.165) is 36.2 Å². The van der Waals surface area contributed by atoms with Gasteiger partial charge in [0, 0.05) is 31.4 Å². The summed E-state index contributed by atoms with van der Waals surface area (Å²) in [6, 6.07) is 4.59. The molecule has 0 amide bonds. The second kappa shape index (κ2) is 8.70. The molecular formula is C17H27IN4O. The molecule has 2 unspecified atom stereocenters. The number of nitrogens with zero attached hydrogens (tertiary/aromatic N) is 2. The highest BCUT2D eigenvalue weighted by Gasteiger charge is 2.33. The van der Waals surface area contributed by atoms with Crippen molar-refractivity contribution in [3.8, 4) is 5.88 Å². The van der Waals surface area contributed by atoms with Gasteiger partial charge in [-0.2, -0.15) is 0 Å². The first-order valence-electron chi connectivity index (χ1n) is 8.34. The number of pyridine rings is 1. The molecule has 1 heterocycles. The molecule has 2 atom stereocenters. The Balaban J connectivity index is 0.00000192. The van der Waals surface area contributed by atoms with Gasteiger partial charge in [-0.3, -0.25) is 4.99 Å². The molecule has 0 radical (unpaired) electrons. The maximum atomic E-state index is 6.07. The van der Waals surface area contributed by atoms with Gasteiger partial charge >= 0.3 is 0 Å². The van der Waals surface area contributed by atoms with E-state index in [1.54, 1.807) is 6.20 Å². The second-order valence-corrected chi connectivity index (χ2v) is 6.38. The Morgan fingerprint density at radius 1 is 1.39 bits per heavy atom. The number of aliphatic imine (C=N–C) groups is 1. The van der Waals surface area contributed by atoms with Crippen molar-refractivity contribution in [1.29, 1.82) is 0 Å². The van der Waals surface area contributed by atoms with Crippen LogP contribution in [0.15, 0.2) is 23.3 Å². The van der Waals surface area contributed by atoms with Gasteiger partial charge in [-0.25, -0.2) is 4.98 Å². The smallest absolute Gasteiger partial charge is 0.218 e. The van der Waals surface area contributed by atoms with Crippen molar-refractivity contribution in [1.82, 2.24) is 15.6 Å². The molecule has 5 nitrogen and oxygen atoms in total. The monoisotopic (exact) mass is 430 g/mol. The summed E-state index contributed by atoms with van der Waals surface area (Å²) in [6.07, 6.45) is 8.18. The average molecular weight is 430 g/mol. The van der Waals surface area contributed by atoms with Crippen LogP contribution in [0.3, 0.4) is 0 Å². The van der Waals surface area contributed by atoms with Gasteiger partial charge in [-0.05, 0) is 44.1 Å². The molecule has 3 rings (SSSR count). The highest BCUT2D eigenvalue weighted by atomic mass is 127. The van der Waals surface area contributed by atoms with Crippen LogP contribution in [0.1, 0.15) is 44.6 Å². The minimum atomic E-state index is 0. The number of ether oxygens (including phenoxy) is 1. The number of guanidine groups is 1. The van der Waals surface area contributed by atoms with E-state index in [1.807, 2.05) is 13.1 Å². The lowest BCUT2D eigenvalue weighted by molar-refractivity contribution is 0.199. The van der Waals surface area contributed by atoms with Crippen LogP contribution in [-0.4, -0.2) is 30.1 Å². The van der Waals surface area contributed by atoms with Crippen molar-refractivity contribution in [3.63, 3.8) is 0 Å². The van der Waals surface area contributed by atoms with E-state index >= 15 is 0 Å². The standard InChI is InChI=1S/C17H26N4O.HI/c1-12-10-15(12)21-17(18-2)20-11-13-6-5-9-19-16(13)22-14-7-3-4-8-14;/h5-6,9,12,14-15H,3-4,7-8,10-11H2,1-2H3,(H2,18,20,21);1H. The Morgan fingerprint density at radius 3 is 2.78 bits per heavy atom. The van der Waals surface area contributed by atoms with Crippen LogP contribution < -0.4 is 15.4 Å². The summed E-state index contributed by atoms with van der Waals surface area (Å²) in [4.78, 5) is 8.69. The van der Waals surface area contributed by atoms with Crippen molar-refractivity contribution in [2.24, 2.45) is 10.9 Å². The first-order valence-corrected chi connectivity index (χ1v) is 8.34. The summed E-state index contributed by atoms with van der Waals surface area (Å²) in [5, 5.41) is 6.79. The van der Waals surface area contributed by atoms with Crippen LogP contribution in [0, 0.1) is 5.92 Å². The SMILES string of the molecule is CN=C(NCc1cccnc1OC1CCCC1)NC1CC1C.I. The summed E-state index contributed by atoms with van der Waals surface area (Å²) >= 11 is 0. The molecule has 0 saturated heterocycles. The summed E-state index contributed by atoms with van der Waals surface area (Å²) in [7, 11) is 1.81. The van der Waals surface area contributed by atoms with E-state index in [9.17, 15) is 0 Å². The predicted molar refractivity (Wildman–Crippen MR) is 103 cm³/mol. The zero-order valence-corrected chi connectivity index (χ0v) is 16.2. The Morgan fingerprint density at radius 2 is 2.13 bits per heavy atom. The zero-order chi connectivity index (χ0) is 15.4. The van der Waals surface area contributed by atoms with Crippen molar-refractivity contribution in [3.05, 3.63) is 23.9 Å². The molecule has 0 aliphatic heterocycles. The minimum Gasteiger partial charge on any atom is -0.474 e. The molecule has 0 bridgehead atoms. The van der Waals surface area contributed by atoms with E-state index in [4.69, 9.17) is 4.74 Å². The number of rotatable bonds is 5. The number of aromatic nitrogens is 1. The first-order chi connectivity index (χ1) is 10.8. The number of hydrogen-bond acceptors (Lipinski definition) is 3. The number of halogens is 1. The fourth-order valence-corrected chi connectivity index (χ4v) is 2.90. The molecule has 1 aromatic rings. The van der Waals surface area contributed by atoms with Crippen molar-refractivity contribution < 1.29 is 4.74 Å². The Labute approximate surface area is 155 Å². The predicted octanol–water partition coefficient (Wildman–Crippen LogP) is 3.09. The molecule has 0 spiro atoms. The van der Waals surface area contributed by atoms with Gasteiger partial charge in [0.2, 0.25) is 5.88 Å². The Bertz CT molecular complexity index is 531. The van der Waals surface area contributed by atoms with Crippen LogP contribution in [0.4, 0.5) is 0 Å². The van der Waals surface area contributed by atoms with E-state index in [1.165, 1.54) is 19.3 Å². The molecule has 2 aliphatic carbocycles. The summed E-state index contributed by atoms with van der Waals surface area (Å²) < 4.78 is 6.07. The largest absolute Gasteiger partial charge is 0.474 e. The lowest BCUT2D eigenvalue weighted by atomic mass is 10.2. The third-order valence-corrected chi connectivity index (χ3v) is 4.53. The summed E-state index contributed by atoms with van der Waals surface area (Å²) in [6.45, 7) is 2.93. The van der Waals surface area contributed by atoms with Crippen molar-refractivity contribution >= 4 is 29.9 Å². The summed E-state index contributed by atoms with van der Waals surface area (Å²) in [5.74, 6) is 2.36. The molecule has 1 aromatic heterocycles. The van der Waals surface area contributed by atoms with E-state index in [0.29, 0.717) is 18.7 Å². The molecule has 2 N–H and O–H groups in total. The third-order valence-electron chi connectivity index (χ3n) is 4.53. The van der Waals surface area contributed by atoms with Crippen molar-refractivity contribution in [2.75, 3.05) is 7.05 Å². The molecule has 128 valence electrons. The molecule has 0 aromatic carbocycles. The van der Waals surface area contributed by atoms with Crippen LogP contribution in [0.5, 0.6) is 5.88 Å². The van der Waals surface area contributed by atoms with Gasteiger partial charge < -0.3 is 15.4 Å². The highest BCUT2D eigenvalue weighted by Crippen LogP contribution is 2.29. The Kier molecular flexibility index (Phi) is 6.92. The molecular weight excluding hydrogens is 403 g/mol. The molecule has 23 heavy (non-hydrogen) atoms. The van der Waals surface area contributed by atoms with Crippen molar-refractivity contribution in [2.45, 2.75) is 57.7 Å². The van der Waals surface area contributed by atoms with Crippen LogP contribution in [0.25, 0.3) is 0 Å². The maximum absolute atomic E-state index is 6.07. The van der Waals surface area contributed by atoms with Gasteiger partial charge in [0.15, 0.2) is 5.96 Å². The van der Waals surface area contributed by atoms with E-state index < -0.39 is 0 Å². The van der Waals surface area contributed by atoms with Gasteiger partial charge in [-0.1, -0.05) is 13.0 Å². The normalized spacial score (nSPS) is 24.0. The highest BCUT2D eigenvalue weighted by molar-refractivity contribution is 14.0. The lowest BCUT2D eigenvalue weighted by Crippen LogP contribution is -2.38. The average Bonchev–Trinajstić information content (AvgIpc) is 3.00. The van der Waals surface area contributed by atoms with Crippen LogP contribution in [0.2, 0.25) is 0 Å². The zero-order valence-electron chi connectivity index (χ0n) is 13.9. The Hall–Kier alpha value is -1.05. The number of nitrogens with one attached hydrogen (secondary N) is 2. The van der Waals surface area contributed by atoms with Gasteiger partial charge in [-0.15, -0.1) is 24.0 Å². The van der Waals surface area contributed by atoms with Gasteiger partial charge in [0.05, 0.1) is 0 Å². The third kappa shape index (κ3) is 5.22. The van der Waals surface area contributed by atoms with Crippen LogP contribution in [-0.2, 0) is 6.54 Å². The minimum absolute atomic E-state index is 0. The molecule has 2 saturated carbocycles. The molecule has 2 aliphatic rings. The molecule has 6 heteroatoms. The fraction of sp³-hybridized carbons (Fsp3) is 0.647. The molecule has 2 fully saturated rings. The van der Waals surface area contributed by atoms with E-state index in [-0.39, 0.29) is 24.0 Å². The summed E-state index contributed by atoms with van der Waals surface area (Å²) in [5.41, 5.74) is 1.08. The maximum Gasteiger partial charge on any atom is 0.218 e. The van der Waals surface area contributed by atoms with Crippen LogP contribution >= 0.6 is 24.0 Å². The second-order valence-electron chi connectivity index (χ2n) is 6.38. The van der Waals surface area contributed by atoms with E-state index in [2.05, 4.69) is 33.6 Å². The fourth-order valence-electron chi connectivity index (χ4n) is 2.90. The number of hydrogen-bond donors (Lipinski definition) is 2. The first kappa shape index (κ1) is 18.3. The topological polar surface area (TPSA) is 58.5 Å². The van der Waals surface area contributed by atoms with Gasteiger partial charge in [0.1, 0.15) is 6.10 Å². The quantitative estimate of drug-likeness (QED) is 0.428. The lowest BCUT2D eigenvalue weighted by Gasteiger charge is -2.16.